The second-order valence-electron chi connectivity index (χ2n) is 5.22. The number of halogens is 3. The molecule has 0 spiro atoms. The first-order chi connectivity index (χ1) is 10.3. The monoisotopic (exact) mass is 313 g/mol. The summed E-state index contributed by atoms with van der Waals surface area (Å²) in [5.41, 5.74) is 1.53. The third kappa shape index (κ3) is 6.35. The van der Waals surface area contributed by atoms with Gasteiger partial charge in [-0.05, 0) is 38.8 Å². The minimum atomic E-state index is -4.35. The van der Waals surface area contributed by atoms with Crippen LogP contribution >= 0.6 is 0 Å². The van der Waals surface area contributed by atoms with Crippen LogP contribution in [0.2, 0.25) is 0 Å². The fraction of sp³-hybridized carbons (Fsp3) is 0.412. The summed E-state index contributed by atoms with van der Waals surface area (Å²) < 4.78 is 38.6. The summed E-state index contributed by atoms with van der Waals surface area (Å²) >= 11 is 0. The number of aliphatic hydroxyl groups excluding tert-OH is 1. The minimum Gasteiger partial charge on any atom is -0.392 e. The number of para-hydroxylation sites is 1. The van der Waals surface area contributed by atoms with Crippen molar-refractivity contribution in [3.8, 4) is 0 Å². The Labute approximate surface area is 129 Å². The van der Waals surface area contributed by atoms with E-state index >= 15 is 0 Å². The van der Waals surface area contributed by atoms with E-state index in [-0.39, 0.29) is 12.3 Å². The van der Waals surface area contributed by atoms with Crippen molar-refractivity contribution in [2.24, 2.45) is 0 Å². The number of aliphatic hydroxyl groups is 1. The van der Waals surface area contributed by atoms with Crippen LogP contribution in [0.4, 0.5) is 18.9 Å². The van der Waals surface area contributed by atoms with E-state index in [1.807, 2.05) is 19.9 Å². The first kappa shape index (κ1) is 18.3. The lowest BCUT2D eigenvalue weighted by molar-refractivity contribution is -0.136. The van der Waals surface area contributed by atoms with Crippen molar-refractivity contribution in [2.75, 3.05) is 18.5 Å². The average molecular weight is 313 g/mol. The van der Waals surface area contributed by atoms with Gasteiger partial charge in [-0.1, -0.05) is 35.4 Å². The van der Waals surface area contributed by atoms with E-state index in [2.05, 4.69) is 5.32 Å². The van der Waals surface area contributed by atoms with E-state index in [1.54, 1.807) is 12.1 Å². The Hall–Kier alpha value is -1.75. The molecule has 0 fully saturated rings. The highest BCUT2D eigenvalue weighted by Gasteiger charge is 2.32. The van der Waals surface area contributed by atoms with E-state index < -0.39 is 11.7 Å². The third-order valence-corrected chi connectivity index (χ3v) is 3.26. The van der Waals surface area contributed by atoms with Crippen LogP contribution in [0.15, 0.2) is 47.6 Å². The molecule has 0 unspecified atom stereocenters. The fourth-order valence-electron chi connectivity index (χ4n) is 2.00. The normalized spacial score (nSPS) is 13.4. The van der Waals surface area contributed by atoms with Crippen molar-refractivity contribution < 1.29 is 18.3 Å². The highest BCUT2D eigenvalue weighted by molar-refractivity contribution is 5.53. The third-order valence-electron chi connectivity index (χ3n) is 3.26. The van der Waals surface area contributed by atoms with Crippen molar-refractivity contribution in [1.82, 2.24) is 0 Å². The number of hydrogen-bond donors (Lipinski definition) is 2. The summed E-state index contributed by atoms with van der Waals surface area (Å²) in [5, 5.41) is 11.6. The molecule has 0 aliphatic heterocycles. The van der Waals surface area contributed by atoms with Gasteiger partial charge >= 0.3 is 6.18 Å². The second-order valence-corrected chi connectivity index (χ2v) is 5.22. The Morgan fingerprint density at radius 3 is 2.45 bits per heavy atom. The number of allylic oxidation sites excluding steroid dienone is 2. The second kappa shape index (κ2) is 8.63. The van der Waals surface area contributed by atoms with Crippen LogP contribution in [-0.2, 0) is 6.18 Å². The Morgan fingerprint density at radius 1 is 1.14 bits per heavy atom. The first-order valence-corrected chi connectivity index (χ1v) is 7.17. The molecule has 2 N–H and O–H groups in total. The molecule has 2 nitrogen and oxygen atoms in total. The van der Waals surface area contributed by atoms with Crippen LogP contribution in [0.1, 0.15) is 32.3 Å². The summed E-state index contributed by atoms with van der Waals surface area (Å²) in [6.07, 6.45) is 1.03. The quantitative estimate of drug-likeness (QED) is 0.710. The van der Waals surface area contributed by atoms with Crippen molar-refractivity contribution >= 4 is 5.69 Å². The molecular formula is C17H22F3NO. The van der Waals surface area contributed by atoms with Gasteiger partial charge in [-0.2, -0.15) is 13.2 Å². The summed E-state index contributed by atoms with van der Waals surface area (Å²) in [5.74, 6) is 0. The fourth-order valence-corrected chi connectivity index (χ4v) is 2.00. The van der Waals surface area contributed by atoms with Gasteiger partial charge in [-0.25, -0.2) is 0 Å². The number of hydrogen-bond acceptors (Lipinski definition) is 2. The molecule has 0 heterocycles. The molecule has 1 aromatic rings. The molecule has 0 saturated heterocycles. The average Bonchev–Trinajstić information content (AvgIpc) is 2.45. The maximum atomic E-state index is 12.9. The Morgan fingerprint density at radius 2 is 1.82 bits per heavy atom. The molecule has 22 heavy (non-hydrogen) atoms. The van der Waals surface area contributed by atoms with E-state index in [9.17, 15) is 13.2 Å². The standard InChI is InChI=1S/C17H22F3NO/c1-13(10-11-22)6-5-7-14(2)12-21-16-9-4-3-8-15(16)17(18,19)20/h3-4,7-10,21-22H,5-6,11-12H2,1-2H3/b13-10+,14-7+. The van der Waals surface area contributed by atoms with Gasteiger partial charge in [0.1, 0.15) is 0 Å². The molecule has 0 atom stereocenters. The lowest BCUT2D eigenvalue weighted by atomic mass is 10.1. The highest BCUT2D eigenvalue weighted by atomic mass is 19.4. The molecule has 0 aliphatic carbocycles. The SMILES string of the molecule is C/C(=C\CO)CC/C=C(\C)CNc1ccccc1C(F)(F)F. The Balaban J connectivity index is 2.58. The maximum Gasteiger partial charge on any atom is 0.418 e. The van der Waals surface area contributed by atoms with Crippen LogP contribution in [0.5, 0.6) is 0 Å². The Bertz CT molecular complexity index is 533. The predicted octanol–water partition coefficient (Wildman–Crippen LogP) is 4.78. The summed E-state index contributed by atoms with van der Waals surface area (Å²) in [4.78, 5) is 0. The van der Waals surface area contributed by atoms with Gasteiger partial charge in [0.15, 0.2) is 0 Å². The van der Waals surface area contributed by atoms with Crippen LogP contribution in [-0.4, -0.2) is 18.3 Å². The molecule has 0 aromatic heterocycles. The van der Waals surface area contributed by atoms with E-state index in [0.717, 1.165) is 30.1 Å². The lowest BCUT2D eigenvalue weighted by Gasteiger charge is -2.14. The van der Waals surface area contributed by atoms with Gasteiger partial charge < -0.3 is 10.4 Å². The molecule has 122 valence electrons. The number of benzene rings is 1. The predicted molar refractivity (Wildman–Crippen MR) is 83.8 cm³/mol. The van der Waals surface area contributed by atoms with Crippen LogP contribution < -0.4 is 5.32 Å². The molecule has 0 aliphatic rings. The van der Waals surface area contributed by atoms with E-state index in [0.29, 0.717) is 6.54 Å². The molecule has 0 amide bonds. The minimum absolute atomic E-state index is 0.0321. The largest absolute Gasteiger partial charge is 0.418 e. The van der Waals surface area contributed by atoms with E-state index in [1.165, 1.54) is 12.1 Å². The molecule has 5 heteroatoms. The first-order valence-electron chi connectivity index (χ1n) is 7.17. The van der Waals surface area contributed by atoms with Crippen molar-refractivity contribution in [1.29, 1.82) is 0 Å². The van der Waals surface area contributed by atoms with Gasteiger partial charge in [0.05, 0.1) is 12.2 Å². The lowest BCUT2D eigenvalue weighted by Crippen LogP contribution is -2.11. The van der Waals surface area contributed by atoms with Crippen molar-refractivity contribution in [3.63, 3.8) is 0 Å². The number of alkyl halides is 3. The van der Waals surface area contributed by atoms with E-state index in [4.69, 9.17) is 5.11 Å². The number of rotatable bonds is 7. The summed E-state index contributed by atoms with van der Waals surface area (Å²) in [7, 11) is 0. The van der Waals surface area contributed by atoms with Gasteiger partial charge in [0.25, 0.3) is 0 Å². The zero-order valence-corrected chi connectivity index (χ0v) is 12.9. The number of anilines is 1. The molecule has 0 bridgehead atoms. The molecule has 0 radical (unpaired) electrons. The smallest absolute Gasteiger partial charge is 0.392 e. The van der Waals surface area contributed by atoms with Gasteiger partial charge in [-0.15, -0.1) is 0 Å². The molecular weight excluding hydrogens is 291 g/mol. The number of nitrogens with one attached hydrogen (secondary N) is 1. The van der Waals surface area contributed by atoms with Crippen LogP contribution in [0.25, 0.3) is 0 Å². The zero-order valence-electron chi connectivity index (χ0n) is 12.9. The topological polar surface area (TPSA) is 32.3 Å². The van der Waals surface area contributed by atoms with Gasteiger partial charge in [-0.3, -0.25) is 0 Å². The van der Waals surface area contributed by atoms with Gasteiger partial charge in [0, 0.05) is 12.2 Å². The summed E-state index contributed by atoms with van der Waals surface area (Å²) in [6, 6.07) is 5.47. The van der Waals surface area contributed by atoms with Crippen LogP contribution in [0.3, 0.4) is 0 Å². The highest BCUT2D eigenvalue weighted by Crippen LogP contribution is 2.34. The van der Waals surface area contributed by atoms with Crippen molar-refractivity contribution in [2.45, 2.75) is 32.9 Å². The van der Waals surface area contributed by atoms with Crippen LogP contribution in [0, 0.1) is 0 Å². The maximum absolute atomic E-state index is 12.9. The summed E-state index contributed by atoms with van der Waals surface area (Å²) in [6.45, 7) is 4.23. The molecule has 0 saturated carbocycles. The Kier molecular flexibility index (Phi) is 7.18. The zero-order chi connectivity index (χ0) is 16.6. The molecule has 1 rings (SSSR count). The van der Waals surface area contributed by atoms with Crippen molar-refractivity contribution in [3.05, 3.63) is 53.1 Å². The molecule has 1 aromatic carbocycles. The van der Waals surface area contributed by atoms with Gasteiger partial charge in [0.2, 0.25) is 0 Å².